The molecule has 0 amide bonds. The van der Waals surface area contributed by atoms with Crippen molar-refractivity contribution in [1.82, 2.24) is 19.7 Å². The molecule has 9 nitrogen and oxygen atoms in total. The second kappa shape index (κ2) is 7.45. The summed E-state index contributed by atoms with van der Waals surface area (Å²) in [4.78, 5) is 34.3. The number of benzene rings is 1. The molecule has 1 aliphatic rings. The van der Waals surface area contributed by atoms with Crippen molar-refractivity contribution >= 4 is 27.2 Å². The van der Waals surface area contributed by atoms with E-state index in [2.05, 4.69) is 15.1 Å². The molecular weight excluding hydrogens is 406 g/mol. The van der Waals surface area contributed by atoms with Gasteiger partial charge >= 0.3 is 0 Å². The average molecular weight is 423 g/mol. The molecule has 0 radical (unpaired) electrons. The molecule has 0 aliphatic heterocycles. The zero-order valence-electron chi connectivity index (χ0n) is 15.9. The van der Waals surface area contributed by atoms with Gasteiger partial charge in [-0.2, -0.15) is 4.98 Å². The van der Waals surface area contributed by atoms with Gasteiger partial charge in [0.25, 0.3) is 11.2 Å². The number of hydrogen-bond donors (Lipinski definition) is 0. The minimum Gasteiger partial charge on any atom is -0.337 e. The van der Waals surface area contributed by atoms with Gasteiger partial charge in [-0.15, -0.1) is 11.3 Å². The highest BCUT2D eigenvalue weighted by Gasteiger charge is 2.20. The fourth-order valence-corrected chi connectivity index (χ4v) is 5.00. The van der Waals surface area contributed by atoms with Crippen LogP contribution < -0.4 is 5.56 Å². The van der Waals surface area contributed by atoms with Crippen LogP contribution in [0.2, 0.25) is 0 Å². The van der Waals surface area contributed by atoms with Crippen molar-refractivity contribution in [1.29, 1.82) is 0 Å². The molecule has 1 aromatic carbocycles. The fraction of sp³-hybridized carbons (Fsp3) is 0.300. The minimum absolute atomic E-state index is 0.0108. The third-order valence-corrected chi connectivity index (χ3v) is 6.50. The number of aryl methyl sites for hydroxylation is 2. The van der Waals surface area contributed by atoms with Crippen molar-refractivity contribution in [3.63, 3.8) is 0 Å². The topological polar surface area (TPSA) is 117 Å². The first kappa shape index (κ1) is 18.6. The van der Waals surface area contributed by atoms with E-state index in [4.69, 9.17) is 4.52 Å². The predicted molar refractivity (Wildman–Crippen MR) is 111 cm³/mol. The molecule has 10 heteroatoms. The second-order valence-corrected chi connectivity index (χ2v) is 8.32. The maximum absolute atomic E-state index is 13.1. The Labute approximate surface area is 174 Å². The van der Waals surface area contributed by atoms with Crippen LogP contribution in [0, 0.1) is 10.1 Å². The molecule has 3 aromatic heterocycles. The van der Waals surface area contributed by atoms with Crippen molar-refractivity contribution < 1.29 is 9.45 Å². The van der Waals surface area contributed by atoms with Crippen LogP contribution >= 0.6 is 11.3 Å². The number of rotatable bonds is 4. The molecule has 30 heavy (non-hydrogen) atoms. The van der Waals surface area contributed by atoms with Crippen molar-refractivity contribution in [3.8, 4) is 11.4 Å². The van der Waals surface area contributed by atoms with Crippen LogP contribution in [-0.2, 0) is 19.4 Å². The van der Waals surface area contributed by atoms with Crippen molar-refractivity contribution in [2.24, 2.45) is 0 Å². The molecule has 3 heterocycles. The molecule has 0 spiro atoms. The Hall–Kier alpha value is -3.40. The Morgan fingerprint density at radius 2 is 1.97 bits per heavy atom. The summed E-state index contributed by atoms with van der Waals surface area (Å²) in [6.07, 6.45) is 6.89. The highest BCUT2D eigenvalue weighted by Crippen LogP contribution is 2.32. The van der Waals surface area contributed by atoms with E-state index in [1.165, 1.54) is 34.3 Å². The number of aromatic nitrogens is 4. The van der Waals surface area contributed by atoms with Gasteiger partial charge < -0.3 is 4.52 Å². The molecule has 0 unspecified atom stereocenters. The largest absolute Gasteiger partial charge is 0.337 e. The third-order valence-electron chi connectivity index (χ3n) is 5.30. The molecule has 0 N–H and O–H groups in total. The molecule has 1 aliphatic carbocycles. The van der Waals surface area contributed by atoms with Gasteiger partial charge in [-0.1, -0.05) is 11.6 Å². The van der Waals surface area contributed by atoms with E-state index in [9.17, 15) is 14.9 Å². The summed E-state index contributed by atoms with van der Waals surface area (Å²) < 4.78 is 6.80. The van der Waals surface area contributed by atoms with Crippen LogP contribution in [0.3, 0.4) is 0 Å². The van der Waals surface area contributed by atoms with Crippen LogP contribution in [0.4, 0.5) is 5.69 Å². The summed E-state index contributed by atoms with van der Waals surface area (Å²) >= 11 is 1.62. The fourth-order valence-electron chi connectivity index (χ4n) is 3.78. The van der Waals surface area contributed by atoms with E-state index in [-0.39, 0.29) is 23.7 Å². The minimum atomic E-state index is -0.466. The maximum Gasteiger partial charge on any atom is 0.269 e. The van der Waals surface area contributed by atoms with E-state index in [1.807, 2.05) is 0 Å². The number of nitrogens with zero attached hydrogens (tertiary/aromatic N) is 5. The van der Waals surface area contributed by atoms with E-state index in [1.54, 1.807) is 23.5 Å². The number of nitro benzene ring substituents is 1. The standard InChI is InChI=1S/C20H17N5O4S/c26-20-17-14-4-2-1-3-5-15(14)30-19(17)21-11-24(20)10-16-22-18(23-29-16)12-6-8-13(9-7-12)25(27)28/h6-9,11H,1-5,10H2. The lowest BCUT2D eigenvalue weighted by atomic mass is 10.1. The number of nitro groups is 1. The van der Waals surface area contributed by atoms with Gasteiger partial charge in [0.05, 0.1) is 16.6 Å². The van der Waals surface area contributed by atoms with Gasteiger partial charge in [-0.3, -0.25) is 19.5 Å². The Morgan fingerprint density at radius 3 is 2.77 bits per heavy atom. The highest BCUT2D eigenvalue weighted by atomic mass is 32.1. The van der Waals surface area contributed by atoms with Crippen LogP contribution in [0.15, 0.2) is 39.9 Å². The number of fused-ring (bicyclic) bond motifs is 3. The third kappa shape index (κ3) is 3.28. The first-order valence-electron chi connectivity index (χ1n) is 9.67. The Balaban J connectivity index is 1.45. The smallest absolute Gasteiger partial charge is 0.269 e. The molecule has 0 saturated heterocycles. The van der Waals surface area contributed by atoms with E-state index >= 15 is 0 Å². The molecule has 0 saturated carbocycles. The number of hydrogen-bond acceptors (Lipinski definition) is 8. The van der Waals surface area contributed by atoms with Crippen molar-refractivity contribution in [2.45, 2.75) is 38.6 Å². The molecule has 152 valence electrons. The SMILES string of the molecule is O=c1c2c3c(sc2ncn1Cc1nc(-c2ccc([N+](=O)[O-])cc2)no1)CCCCC3. The Bertz CT molecular complexity index is 1310. The molecule has 0 fully saturated rings. The van der Waals surface area contributed by atoms with Gasteiger partial charge in [-0.05, 0) is 43.4 Å². The molecule has 4 aromatic rings. The number of thiophene rings is 1. The van der Waals surface area contributed by atoms with Crippen LogP contribution in [0.25, 0.3) is 21.6 Å². The summed E-state index contributed by atoms with van der Waals surface area (Å²) in [5.41, 5.74) is 1.65. The van der Waals surface area contributed by atoms with Crippen LogP contribution in [0.1, 0.15) is 35.6 Å². The first-order chi connectivity index (χ1) is 14.6. The van der Waals surface area contributed by atoms with Gasteiger partial charge in [0.2, 0.25) is 11.7 Å². The lowest BCUT2D eigenvalue weighted by Gasteiger charge is -2.03. The van der Waals surface area contributed by atoms with Gasteiger partial charge in [0, 0.05) is 22.6 Å². The summed E-state index contributed by atoms with van der Waals surface area (Å²) in [5.74, 6) is 0.583. The normalized spacial score (nSPS) is 13.9. The molecule has 0 atom stereocenters. The summed E-state index contributed by atoms with van der Waals surface area (Å²) in [5, 5.41) is 15.4. The summed E-state index contributed by atoms with van der Waals surface area (Å²) in [6.45, 7) is 0.117. The lowest BCUT2D eigenvalue weighted by Crippen LogP contribution is -2.21. The quantitative estimate of drug-likeness (QED) is 0.279. The van der Waals surface area contributed by atoms with Gasteiger partial charge in [0.1, 0.15) is 11.4 Å². The lowest BCUT2D eigenvalue weighted by molar-refractivity contribution is -0.384. The molecule has 0 bridgehead atoms. The Kier molecular flexibility index (Phi) is 4.62. The zero-order chi connectivity index (χ0) is 20.7. The van der Waals surface area contributed by atoms with Crippen molar-refractivity contribution in [2.75, 3.05) is 0 Å². The van der Waals surface area contributed by atoms with Gasteiger partial charge in [-0.25, -0.2) is 4.98 Å². The summed E-state index contributed by atoms with van der Waals surface area (Å²) in [7, 11) is 0. The maximum atomic E-state index is 13.1. The second-order valence-electron chi connectivity index (χ2n) is 7.24. The van der Waals surface area contributed by atoms with Gasteiger partial charge in [0.15, 0.2) is 0 Å². The van der Waals surface area contributed by atoms with E-state index < -0.39 is 4.92 Å². The first-order valence-corrected chi connectivity index (χ1v) is 10.5. The molecule has 5 rings (SSSR count). The summed E-state index contributed by atoms with van der Waals surface area (Å²) in [6, 6.07) is 5.90. The highest BCUT2D eigenvalue weighted by molar-refractivity contribution is 7.18. The Morgan fingerprint density at radius 1 is 1.17 bits per heavy atom. The average Bonchev–Trinajstić information content (AvgIpc) is 3.28. The van der Waals surface area contributed by atoms with Crippen LogP contribution in [0.5, 0.6) is 0 Å². The number of non-ortho nitro benzene ring substituents is 1. The molecular formula is C20H17N5O4S. The predicted octanol–water partition coefficient (Wildman–Crippen LogP) is 3.73. The van der Waals surface area contributed by atoms with E-state index in [0.717, 1.165) is 41.5 Å². The van der Waals surface area contributed by atoms with Crippen molar-refractivity contribution in [3.05, 3.63) is 67.4 Å². The van der Waals surface area contributed by atoms with E-state index in [0.29, 0.717) is 11.4 Å². The van der Waals surface area contributed by atoms with Crippen LogP contribution in [-0.4, -0.2) is 24.6 Å². The monoisotopic (exact) mass is 423 g/mol. The zero-order valence-corrected chi connectivity index (χ0v) is 16.7.